The summed E-state index contributed by atoms with van der Waals surface area (Å²) in [6, 6.07) is 40.1. The lowest BCUT2D eigenvalue weighted by molar-refractivity contribution is 0.141. The van der Waals surface area contributed by atoms with Crippen LogP contribution in [-0.4, -0.2) is 6.09 Å². The van der Waals surface area contributed by atoms with Gasteiger partial charge in [0, 0.05) is 0 Å². The average Bonchev–Trinajstić information content (AvgIpc) is 2.86. The Hall–Kier alpha value is -3.85. The fourth-order valence-electron chi connectivity index (χ4n) is 3.79. The minimum atomic E-state index is -0.671. The third-order valence-corrected chi connectivity index (χ3v) is 5.31. The van der Waals surface area contributed by atoms with E-state index in [4.69, 9.17) is 4.74 Å². The van der Waals surface area contributed by atoms with Crippen LogP contribution in [0.3, 0.4) is 0 Å². The Balaban J connectivity index is 1.66. The van der Waals surface area contributed by atoms with Gasteiger partial charge in [-0.2, -0.15) is 0 Å². The summed E-state index contributed by atoms with van der Waals surface area (Å²) in [5.74, 6) is 0. The summed E-state index contributed by atoms with van der Waals surface area (Å²) in [5, 5.41) is 2.90. The Bertz CT molecular complexity index is 984. The van der Waals surface area contributed by atoms with Crippen molar-refractivity contribution in [3.63, 3.8) is 0 Å². The Morgan fingerprint density at radius 3 is 1.45 bits per heavy atom. The van der Waals surface area contributed by atoms with Crippen LogP contribution in [-0.2, 0) is 16.8 Å². The molecule has 1 N–H and O–H groups in total. The molecule has 0 spiro atoms. The van der Waals surface area contributed by atoms with Crippen LogP contribution in [0.1, 0.15) is 22.3 Å². The first-order chi connectivity index (χ1) is 15.3. The van der Waals surface area contributed by atoms with Gasteiger partial charge in [0.15, 0.2) is 0 Å². The van der Waals surface area contributed by atoms with Crippen molar-refractivity contribution in [1.82, 2.24) is 5.32 Å². The predicted molar refractivity (Wildman–Crippen MR) is 123 cm³/mol. The second-order valence-corrected chi connectivity index (χ2v) is 7.26. The summed E-state index contributed by atoms with van der Waals surface area (Å²) in [5.41, 5.74) is 3.43. The molecule has 0 saturated heterocycles. The highest BCUT2D eigenvalue weighted by Gasteiger charge is 2.37. The van der Waals surface area contributed by atoms with Gasteiger partial charge >= 0.3 is 6.09 Å². The SMILES string of the molecule is O=C(N[CH]C(c1ccccc1)(c1ccccc1)c1ccccc1)OCc1ccccc1. The van der Waals surface area contributed by atoms with Crippen molar-refractivity contribution in [2.45, 2.75) is 12.0 Å². The molecule has 0 heterocycles. The van der Waals surface area contributed by atoms with Crippen LogP contribution >= 0.6 is 0 Å². The van der Waals surface area contributed by atoms with Gasteiger partial charge < -0.3 is 10.1 Å². The minimum absolute atomic E-state index is 0.218. The number of hydrogen-bond donors (Lipinski definition) is 1. The van der Waals surface area contributed by atoms with Crippen LogP contribution in [0, 0.1) is 6.54 Å². The number of amides is 1. The van der Waals surface area contributed by atoms with E-state index in [-0.39, 0.29) is 6.61 Å². The number of benzene rings is 4. The van der Waals surface area contributed by atoms with Gasteiger partial charge in [-0.25, -0.2) is 4.79 Å². The molecule has 31 heavy (non-hydrogen) atoms. The van der Waals surface area contributed by atoms with Gasteiger partial charge in [0.1, 0.15) is 6.61 Å². The zero-order valence-corrected chi connectivity index (χ0v) is 17.1. The molecule has 3 heteroatoms. The first-order valence-corrected chi connectivity index (χ1v) is 10.3. The second kappa shape index (κ2) is 9.77. The predicted octanol–water partition coefficient (Wildman–Crippen LogP) is 6.11. The first-order valence-electron chi connectivity index (χ1n) is 10.3. The maximum absolute atomic E-state index is 12.6. The van der Waals surface area contributed by atoms with E-state index in [2.05, 4.69) is 41.7 Å². The van der Waals surface area contributed by atoms with Gasteiger partial charge in [-0.3, -0.25) is 0 Å². The molecule has 0 bridgehead atoms. The largest absolute Gasteiger partial charge is 0.445 e. The van der Waals surface area contributed by atoms with Crippen molar-refractivity contribution in [2.24, 2.45) is 0 Å². The monoisotopic (exact) mass is 406 g/mol. The summed E-state index contributed by atoms with van der Waals surface area (Å²) in [7, 11) is 0. The third kappa shape index (κ3) is 4.67. The van der Waals surface area contributed by atoms with Crippen molar-refractivity contribution in [3.05, 3.63) is 150 Å². The second-order valence-electron chi connectivity index (χ2n) is 7.26. The highest BCUT2D eigenvalue weighted by molar-refractivity contribution is 5.69. The van der Waals surface area contributed by atoms with Gasteiger partial charge in [-0.1, -0.05) is 121 Å². The van der Waals surface area contributed by atoms with E-state index < -0.39 is 11.5 Å². The Labute approximate surface area is 183 Å². The molecule has 0 fully saturated rings. The van der Waals surface area contributed by atoms with Crippen LogP contribution < -0.4 is 5.32 Å². The lowest BCUT2D eigenvalue weighted by Crippen LogP contribution is -2.38. The smallest absolute Gasteiger partial charge is 0.407 e. The first kappa shape index (κ1) is 20.4. The van der Waals surface area contributed by atoms with E-state index in [1.54, 1.807) is 0 Å². The molecule has 0 atom stereocenters. The zero-order valence-electron chi connectivity index (χ0n) is 17.1. The number of ether oxygens (including phenoxy) is 1. The van der Waals surface area contributed by atoms with E-state index >= 15 is 0 Å². The zero-order chi connectivity index (χ0) is 21.4. The third-order valence-electron chi connectivity index (χ3n) is 5.31. The topological polar surface area (TPSA) is 38.3 Å². The number of rotatable bonds is 7. The highest BCUT2D eigenvalue weighted by Crippen LogP contribution is 2.40. The number of alkyl carbamates (subject to hydrolysis) is 1. The Morgan fingerprint density at radius 1 is 0.645 bits per heavy atom. The molecule has 4 rings (SSSR count). The lowest BCUT2D eigenvalue weighted by atomic mass is 9.69. The van der Waals surface area contributed by atoms with E-state index in [1.807, 2.05) is 91.5 Å². The van der Waals surface area contributed by atoms with Gasteiger partial charge in [-0.05, 0) is 22.3 Å². The Kier molecular flexibility index (Phi) is 6.44. The molecule has 0 saturated carbocycles. The summed E-state index contributed by atoms with van der Waals surface area (Å²) < 4.78 is 5.45. The van der Waals surface area contributed by atoms with Crippen molar-refractivity contribution < 1.29 is 9.53 Å². The average molecular weight is 407 g/mol. The number of nitrogens with one attached hydrogen (secondary N) is 1. The van der Waals surface area contributed by atoms with Crippen LogP contribution in [0.4, 0.5) is 4.79 Å². The van der Waals surface area contributed by atoms with E-state index in [0.717, 1.165) is 22.3 Å². The molecular weight excluding hydrogens is 382 g/mol. The molecule has 0 aliphatic heterocycles. The molecule has 4 aromatic carbocycles. The van der Waals surface area contributed by atoms with Crippen LogP contribution in [0.2, 0.25) is 0 Å². The maximum atomic E-state index is 12.6. The quantitative estimate of drug-likeness (QED) is 0.376. The standard InChI is InChI=1S/C28H24NO2/c30-27(31-21-23-13-5-1-6-14-23)29-22-28(24-15-7-2-8-16-24,25-17-9-3-10-18-25)26-19-11-4-12-20-26/h1-20,22H,21H2,(H,29,30). The molecule has 1 radical (unpaired) electrons. The number of carbonyl (C=O) groups is 1. The molecule has 0 aromatic heterocycles. The molecule has 1 amide bonds. The molecule has 0 aliphatic rings. The highest BCUT2D eigenvalue weighted by atomic mass is 16.5. The molecule has 3 nitrogen and oxygen atoms in total. The Morgan fingerprint density at radius 2 is 1.03 bits per heavy atom. The summed E-state index contributed by atoms with van der Waals surface area (Å²) in [6.45, 7) is 2.05. The lowest BCUT2D eigenvalue weighted by Gasteiger charge is -2.35. The van der Waals surface area contributed by atoms with Crippen molar-refractivity contribution in [3.8, 4) is 0 Å². The summed E-state index contributed by atoms with van der Waals surface area (Å²) in [4.78, 5) is 12.6. The van der Waals surface area contributed by atoms with Gasteiger partial charge in [0.2, 0.25) is 0 Å². The summed E-state index contributed by atoms with van der Waals surface area (Å²) >= 11 is 0. The van der Waals surface area contributed by atoms with E-state index in [0.29, 0.717) is 0 Å². The van der Waals surface area contributed by atoms with Gasteiger partial charge in [0.05, 0.1) is 12.0 Å². The number of carbonyl (C=O) groups excluding carboxylic acids is 1. The normalized spacial score (nSPS) is 11.0. The minimum Gasteiger partial charge on any atom is -0.445 e. The summed E-state index contributed by atoms with van der Waals surface area (Å²) in [6.07, 6.45) is -0.490. The van der Waals surface area contributed by atoms with E-state index in [1.165, 1.54) is 0 Å². The van der Waals surface area contributed by atoms with E-state index in [9.17, 15) is 4.79 Å². The van der Waals surface area contributed by atoms with Gasteiger partial charge in [-0.15, -0.1) is 0 Å². The fourth-order valence-corrected chi connectivity index (χ4v) is 3.79. The van der Waals surface area contributed by atoms with Crippen LogP contribution in [0.15, 0.2) is 121 Å². The number of hydrogen-bond acceptors (Lipinski definition) is 2. The van der Waals surface area contributed by atoms with Gasteiger partial charge in [0.25, 0.3) is 0 Å². The molecule has 4 aromatic rings. The fraction of sp³-hybridized carbons (Fsp3) is 0.0714. The van der Waals surface area contributed by atoms with Crippen LogP contribution in [0.25, 0.3) is 0 Å². The van der Waals surface area contributed by atoms with Crippen molar-refractivity contribution in [2.75, 3.05) is 0 Å². The molecule has 153 valence electrons. The van der Waals surface area contributed by atoms with Crippen LogP contribution in [0.5, 0.6) is 0 Å². The van der Waals surface area contributed by atoms with Crippen molar-refractivity contribution >= 4 is 6.09 Å². The molecule has 0 unspecified atom stereocenters. The molecule has 0 aliphatic carbocycles. The molecular formula is C28H24NO2. The maximum Gasteiger partial charge on any atom is 0.407 e. The van der Waals surface area contributed by atoms with Crippen molar-refractivity contribution in [1.29, 1.82) is 0 Å².